The second kappa shape index (κ2) is 7.10. The molecule has 0 bridgehead atoms. The van der Waals surface area contributed by atoms with Crippen LogP contribution >= 0.6 is 0 Å². The first-order valence-corrected chi connectivity index (χ1v) is 7.02. The van der Waals surface area contributed by atoms with Gasteiger partial charge in [0.25, 0.3) is 0 Å². The van der Waals surface area contributed by atoms with Gasteiger partial charge in [-0.3, -0.25) is 4.79 Å². The number of rotatable bonds is 6. The van der Waals surface area contributed by atoms with Gasteiger partial charge in [-0.2, -0.15) is 0 Å². The summed E-state index contributed by atoms with van der Waals surface area (Å²) in [6.07, 6.45) is 3.43. The second-order valence-corrected chi connectivity index (χ2v) is 5.99. The number of methoxy groups -OCH3 is 1. The van der Waals surface area contributed by atoms with Crippen molar-refractivity contribution in [3.05, 3.63) is 0 Å². The quantitative estimate of drug-likeness (QED) is 0.734. The van der Waals surface area contributed by atoms with Gasteiger partial charge in [-0.1, -0.05) is 20.8 Å². The highest BCUT2D eigenvalue weighted by Gasteiger charge is 2.28. The first-order chi connectivity index (χ1) is 8.48. The molecule has 18 heavy (non-hydrogen) atoms. The Labute approximate surface area is 111 Å². The van der Waals surface area contributed by atoms with E-state index in [0.717, 1.165) is 32.6 Å². The minimum absolute atomic E-state index is 0.145. The van der Waals surface area contributed by atoms with Gasteiger partial charge in [0.1, 0.15) is 6.04 Å². The van der Waals surface area contributed by atoms with Gasteiger partial charge in [0.2, 0.25) is 0 Å². The van der Waals surface area contributed by atoms with Crippen LogP contribution in [-0.4, -0.2) is 50.2 Å². The SMILES string of the molecule is CCCNC(CN1CCC(C)(C)CC1)C(=O)OC. The molecule has 0 amide bonds. The van der Waals surface area contributed by atoms with Crippen LogP contribution in [0.5, 0.6) is 0 Å². The Bertz CT molecular complexity index is 257. The molecule has 1 atom stereocenters. The molecule has 0 aromatic heterocycles. The Hall–Kier alpha value is -0.610. The molecule has 1 aliphatic rings. The zero-order chi connectivity index (χ0) is 13.6. The summed E-state index contributed by atoms with van der Waals surface area (Å²) in [6, 6.07) is -0.184. The van der Waals surface area contributed by atoms with E-state index in [-0.39, 0.29) is 12.0 Å². The lowest BCUT2D eigenvalue weighted by Crippen LogP contribution is -2.49. The summed E-state index contributed by atoms with van der Waals surface area (Å²) in [7, 11) is 1.46. The van der Waals surface area contributed by atoms with Crippen LogP contribution in [0.25, 0.3) is 0 Å². The van der Waals surface area contributed by atoms with Gasteiger partial charge >= 0.3 is 5.97 Å². The van der Waals surface area contributed by atoms with E-state index in [1.165, 1.54) is 20.0 Å². The minimum Gasteiger partial charge on any atom is -0.468 e. The number of carbonyl (C=O) groups is 1. The third-order valence-corrected chi connectivity index (χ3v) is 3.78. The van der Waals surface area contributed by atoms with Gasteiger partial charge < -0.3 is 15.0 Å². The molecule has 106 valence electrons. The van der Waals surface area contributed by atoms with E-state index < -0.39 is 0 Å². The number of esters is 1. The van der Waals surface area contributed by atoms with Crippen molar-refractivity contribution in [2.75, 3.05) is 33.3 Å². The number of nitrogens with one attached hydrogen (secondary N) is 1. The molecule has 0 aromatic carbocycles. The summed E-state index contributed by atoms with van der Waals surface area (Å²) in [5.41, 5.74) is 0.452. The van der Waals surface area contributed by atoms with E-state index in [4.69, 9.17) is 4.74 Å². The lowest BCUT2D eigenvalue weighted by Gasteiger charge is -2.38. The van der Waals surface area contributed by atoms with Crippen LogP contribution in [-0.2, 0) is 9.53 Å². The molecule has 0 spiro atoms. The van der Waals surface area contributed by atoms with Crippen molar-refractivity contribution in [2.45, 2.75) is 46.1 Å². The molecular formula is C14H28N2O2. The van der Waals surface area contributed by atoms with Gasteiger partial charge in [0, 0.05) is 6.54 Å². The third-order valence-electron chi connectivity index (χ3n) is 3.78. The highest BCUT2D eigenvalue weighted by atomic mass is 16.5. The van der Waals surface area contributed by atoms with Crippen LogP contribution < -0.4 is 5.32 Å². The second-order valence-electron chi connectivity index (χ2n) is 5.99. The molecule has 0 radical (unpaired) electrons. The maximum atomic E-state index is 11.7. The molecule has 1 aliphatic heterocycles. The number of likely N-dealkylation sites (tertiary alicyclic amines) is 1. The monoisotopic (exact) mass is 256 g/mol. The summed E-state index contributed by atoms with van der Waals surface area (Å²) in [5, 5.41) is 3.27. The van der Waals surface area contributed by atoms with Crippen LogP contribution in [0.15, 0.2) is 0 Å². The minimum atomic E-state index is -0.184. The van der Waals surface area contributed by atoms with Gasteiger partial charge in [-0.05, 0) is 44.3 Å². The van der Waals surface area contributed by atoms with Gasteiger partial charge in [0.05, 0.1) is 7.11 Å². The summed E-state index contributed by atoms with van der Waals surface area (Å²) in [4.78, 5) is 14.1. The molecule has 4 heteroatoms. The first kappa shape index (κ1) is 15.4. The van der Waals surface area contributed by atoms with E-state index in [9.17, 15) is 4.79 Å². The summed E-state index contributed by atoms with van der Waals surface area (Å²) < 4.78 is 4.86. The number of hydrogen-bond donors (Lipinski definition) is 1. The Kier molecular flexibility index (Phi) is 6.09. The number of carbonyl (C=O) groups excluding carboxylic acids is 1. The van der Waals surface area contributed by atoms with Crippen LogP contribution in [0, 0.1) is 5.41 Å². The molecule has 0 aliphatic carbocycles. The molecule has 4 nitrogen and oxygen atoms in total. The van der Waals surface area contributed by atoms with Crippen LogP contribution in [0.3, 0.4) is 0 Å². The zero-order valence-corrected chi connectivity index (χ0v) is 12.3. The van der Waals surface area contributed by atoms with Crippen molar-refractivity contribution in [3.8, 4) is 0 Å². The predicted octanol–water partition coefficient (Wildman–Crippen LogP) is 1.65. The molecular weight excluding hydrogens is 228 g/mol. The lowest BCUT2D eigenvalue weighted by atomic mass is 9.82. The van der Waals surface area contributed by atoms with Crippen molar-refractivity contribution in [1.82, 2.24) is 10.2 Å². The zero-order valence-electron chi connectivity index (χ0n) is 12.3. The van der Waals surface area contributed by atoms with Crippen LogP contribution in [0.1, 0.15) is 40.0 Å². The molecule has 1 heterocycles. The Morgan fingerprint density at radius 2 is 2.00 bits per heavy atom. The van der Waals surface area contributed by atoms with E-state index in [1.54, 1.807) is 0 Å². The van der Waals surface area contributed by atoms with Gasteiger partial charge in [0.15, 0.2) is 0 Å². The molecule has 1 unspecified atom stereocenters. The number of piperidine rings is 1. The van der Waals surface area contributed by atoms with Crippen molar-refractivity contribution in [1.29, 1.82) is 0 Å². The topological polar surface area (TPSA) is 41.6 Å². The molecule has 0 aromatic rings. The molecule has 1 fully saturated rings. The van der Waals surface area contributed by atoms with Crippen molar-refractivity contribution in [2.24, 2.45) is 5.41 Å². The summed E-state index contributed by atoms with van der Waals surface area (Å²) in [5.74, 6) is -0.145. The lowest BCUT2D eigenvalue weighted by molar-refractivity contribution is -0.143. The third kappa shape index (κ3) is 4.94. The summed E-state index contributed by atoms with van der Waals surface area (Å²) >= 11 is 0. The Morgan fingerprint density at radius 1 is 1.39 bits per heavy atom. The highest BCUT2D eigenvalue weighted by molar-refractivity contribution is 5.75. The van der Waals surface area contributed by atoms with E-state index >= 15 is 0 Å². The first-order valence-electron chi connectivity index (χ1n) is 7.02. The standard InChI is InChI=1S/C14H28N2O2/c1-5-8-15-12(13(17)18-4)11-16-9-6-14(2,3)7-10-16/h12,15H,5-11H2,1-4H3. The van der Waals surface area contributed by atoms with Gasteiger partial charge in [-0.15, -0.1) is 0 Å². The normalized spacial score (nSPS) is 21.6. The van der Waals surface area contributed by atoms with Crippen molar-refractivity contribution in [3.63, 3.8) is 0 Å². The van der Waals surface area contributed by atoms with Crippen LogP contribution in [0.2, 0.25) is 0 Å². The molecule has 1 saturated heterocycles. The Balaban J connectivity index is 2.43. The fourth-order valence-electron chi connectivity index (χ4n) is 2.28. The molecule has 1 rings (SSSR count). The molecule has 1 N–H and O–H groups in total. The highest BCUT2D eigenvalue weighted by Crippen LogP contribution is 2.29. The van der Waals surface area contributed by atoms with E-state index in [2.05, 4.69) is 31.0 Å². The fraction of sp³-hybridized carbons (Fsp3) is 0.929. The largest absolute Gasteiger partial charge is 0.468 e. The van der Waals surface area contributed by atoms with Crippen molar-refractivity contribution >= 4 is 5.97 Å². The average Bonchev–Trinajstić information content (AvgIpc) is 2.35. The van der Waals surface area contributed by atoms with Crippen molar-refractivity contribution < 1.29 is 9.53 Å². The number of ether oxygens (including phenoxy) is 1. The summed E-state index contributed by atoms with van der Waals surface area (Å²) in [6.45, 7) is 10.5. The Morgan fingerprint density at radius 3 is 2.50 bits per heavy atom. The molecule has 0 saturated carbocycles. The number of hydrogen-bond acceptors (Lipinski definition) is 4. The van der Waals surface area contributed by atoms with Crippen LogP contribution in [0.4, 0.5) is 0 Å². The fourth-order valence-corrected chi connectivity index (χ4v) is 2.28. The smallest absolute Gasteiger partial charge is 0.324 e. The van der Waals surface area contributed by atoms with Gasteiger partial charge in [-0.25, -0.2) is 0 Å². The number of nitrogens with zero attached hydrogens (tertiary/aromatic N) is 1. The predicted molar refractivity (Wildman–Crippen MR) is 73.6 cm³/mol. The maximum absolute atomic E-state index is 11.7. The van der Waals surface area contributed by atoms with E-state index in [0.29, 0.717) is 5.41 Å². The average molecular weight is 256 g/mol. The van der Waals surface area contributed by atoms with E-state index in [1.807, 2.05) is 0 Å². The maximum Gasteiger partial charge on any atom is 0.324 e.